The van der Waals surface area contributed by atoms with Crippen molar-refractivity contribution in [1.82, 2.24) is 0 Å². The molecule has 3 rings (SSSR count). The maximum Gasteiger partial charge on any atom is 0.333 e. The number of rotatable bonds is 4. The summed E-state index contributed by atoms with van der Waals surface area (Å²) in [5.41, 5.74) is 7.06. The minimum absolute atomic E-state index is 0.316. The highest BCUT2D eigenvalue weighted by Crippen LogP contribution is 2.36. The minimum atomic E-state index is -0.316. The molecule has 0 saturated heterocycles. The summed E-state index contributed by atoms with van der Waals surface area (Å²) in [4.78, 5) is 11.3. The lowest BCUT2D eigenvalue weighted by Crippen LogP contribution is -2.08. The first-order valence-electron chi connectivity index (χ1n) is 7.18. The Labute approximate surface area is 125 Å². The van der Waals surface area contributed by atoms with Gasteiger partial charge in [0, 0.05) is 12.0 Å². The van der Waals surface area contributed by atoms with E-state index < -0.39 is 0 Å². The second kappa shape index (κ2) is 5.57. The fourth-order valence-electron chi connectivity index (χ4n) is 2.74. The van der Waals surface area contributed by atoms with E-state index in [-0.39, 0.29) is 5.97 Å². The lowest BCUT2D eigenvalue weighted by Gasteiger charge is -2.07. The Morgan fingerprint density at radius 3 is 2.71 bits per heavy atom. The van der Waals surface area contributed by atoms with Gasteiger partial charge in [0.25, 0.3) is 0 Å². The van der Waals surface area contributed by atoms with E-state index in [1.807, 2.05) is 0 Å². The molecular weight excluding hydrogens is 260 g/mol. The second-order valence-corrected chi connectivity index (χ2v) is 5.49. The van der Waals surface area contributed by atoms with Crippen molar-refractivity contribution in [3.8, 4) is 11.1 Å². The Morgan fingerprint density at radius 1 is 1.14 bits per heavy atom. The molecule has 0 aromatic heterocycles. The Balaban J connectivity index is 1.70. The molecule has 0 fully saturated rings. The average molecular weight is 278 g/mol. The quantitative estimate of drug-likeness (QED) is 0.534. The summed E-state index contributed by atoms with van der Waals surface area (Å²) in [6, 6.07) is 15.1. The van der Waals surface area contributed by atoms with Gasteiger partial charge in [-0.25, -0.2) is 4.79 Å². The summed E-state index contributed by atoms with van der Waals surface area (Å²) in [5.74, 6) is -0.316. The van der Waals surface area contributed by atoms with Gasteiger partial charge in [-0.15, -0.1) is 0 Å². The molecule has 2 aromatic rings. The number of fused-ring (bicyclic) bond motifs is 3. The number of ether oxygens (including phenoxy) is 1. The predicted molar refractivity (Wildman–Crippen MR) is 84.2 cm³/mol. The van der Waals surface area contributed by atoms with Crippen LogP contribution in [-0.4, -0.2) is 12.6 Å². The van der Waals surface area contributed by atoms with Crippen LogP contribution in [0.15, 0.2) is 54.6 Å². The number of carbonyl (C=O) groups is 1. The van der Waals surface area contributed by atoms with Gasteiger partial charge in [0.15, 0.2) is 0 Å². The Morgan fingerprint density at radius 2 is 1.90 bits per heavy atom. The first-order valence-corrected chi connectivity index (χ1v) is 7.18. The van der Waals surface area contributed by atoms with Crippen LogP contribution in [0.2, 0.25) is 0 Å². The van der Waals surface area contributed by atoms with Crippen LogP contribution in [0.4, 0.5) is 0 Å². The number of hydrogen-bond donors (Lipinski definition) is 0. The molecular formula is C19H18O2. The summed E-state index contributed by atoms with van der Waals surface area (Å²) < 4.78 is 5.15. The van der Waals surface area contributed by atoms with Gasteiger partial charge in [0.05, 0.1) is 6.61 Å². The largest absolute Gasteiger partial charge is 0.462 e. The van der Waals surface area contributed by atoms with Crippen LogP contribution in [0.25, 0.3) is 11.1 Å². The molecule has 2 aromatic carbocycles. The van der Waals surface area contributed by atoms with Crippen LogP contribution >= 0.6 is 0 Å². The average Bonchev–Trinajstić information content (AvgIpc) is 2.84. The van der Waals surface area contributed by atoms with Gasteiger partial charge < -0.3 is 4.74 Å². The number of benzene rings is 2. The molecule has 2 heteroatoms. The van der Waals surface area contributed by atoms with E-state index in [1.165, 1.54) is 27.8 Å². The number of hydrogen-bond acceptors (Lipinski definition) is 2. The summed E-state index contributed by atoms with van der Waals surface area (Å²) >= 11 is 0. The third-order valence-corrected chi connectivity index (χ3v) is 3.83. The molecule has 0 aliphatic heterocycles. The van der Waals surface area contributed by atoms with Crippen LogP contribution < -0.4 is 0 Å². The Hall–Kier alpha value is -2.35. The highest BCUT2D eigenvalue weighted by molar-refractivity contribution is 5.86. The maximum absolute atomic E-state index is 11.3. The molecule has 106 valence electrons. The zero-order valence-corrected chi connectivity index (χ0v) is 12.2. The maximum atomic E-state index is 11.3. The van der Waals surface area contributed by atoms with Gasteiger partial charge in [-0.05, 0) is 41.2 Å². The van der Waals surface area contributed by atoms with Gasteiger partial charge in [-0.3, -0.25) is 0 Å². The summed E-state index contributed by atoms with van der Waals surface area (Å²) in [5, 5.41) is 0. The monoisotopic (exact) mass is 278 g/mol. The lowest BCUT2D eigenvalue weighted by atomic mass is 10.0. The van der Waals surface area contributed by atoms with E-state index in [0.717, 1.165) is 12.8 Å². The minimum Gasteiger partial charge on any atom is -0.462 e. The summed E-state index contributed by atoms with van der Waals surface area (Å²) in [7, 11) is 0. The summed E-state index contributed by atoms with van der Waals surface area (Å²) in [6.07, 6.45) is 1.73. The van der Waals surface area contributed by atoms with Gasteiger partial charge >= 0.3 is 5.97 Å². The fourth-order valence-corrected chi connectivity index (χ4v) is 2.74. The first-order chi connectivity index (χ1) is 10.1. The third kappa shape index (κ3) is 2.75. The van der Waals surface area contributed by atoms with Crippen molar-refractivity contribution >= 4 is 5.97 Å². The highest BCUT2D eigenvalue weighted by Gasteiger charge is 2.17. The molecule has 0 N–H and O–H groups in total. The van der Waals surface area contributed by atoms with E-state index in [1.54, 1.807) is 6.92 Å². The first kappa shape index (κ1) is 13.6. The zero-order valence-electron chi connectivity index (χ0n) is 12.2. The van der Waals surface area contributed by atoms with Gasteiger partial charge in [-0.1, -0.05) is 49.0 Å². The van der Waals surface area contributed by atoms with Crippen molar-refractivity contribution in [2.24, 2.45) is 0 Å². The van der Waals surface area contributed by atoms with Crippen molar-refractivity contribution in [2.75, 3.05) is 6.61 Å². The second-order valence-electron chi connectivity index (χ2n) is 5.49. The zero-order chi connectivity index (χ0) is 14.8. The topological polar surface area (TPSA) is 26.3 Å². The van der Waals surface area contributed by atoms with E-state index in [4.69, 9.17) is 4.74 Å². The molecule has 0 radical (unpaired) electrons. The molecule has 1 aliphatic carbocycles. The standard InChI is InChI=1S/C19H18O2/c1-13(2)19(20)21-10-9-14-7-8-18-16(11-14)12-15-5-3-4-6-17(15)18/h3-8,11H,1,9-10,12H2,2H3. The third-order valence-electron chi connectivity index (χ3n) is 3.83. The molecule has 0 heterocycles. The van der Waals surface area contributed by atoms with Crippen LogP contribution in [0, 0.1) is 0 Å². The van der Waals surface area contributed by atoms with Gasteiger partial charge in [0.2, 0.25) is 0 Å². The highest BCUT2D eigenvalue weighted by atomic mass is 16.5. The molecule has 0 saturated carbocycles. The van der Waals surface area contributed by atoms with Crippen LogP contribution in [-0.2, 0) is 22.4 Å². The smallest absolute Gasteiger partial charge is 0.333 e. The van der Waals surface area contributed by atoms with Crippen LogP contribution in [0.5, 0.6) is 0 Å². The van der Waals surface area contributed by atoms with Crippen molar-refractivity contribution in [3.63, 3.8) is 0 Å². The van der Waals surface area contributed by atoms with E-state index in [2.05, 4.69) is 49.0 Å². The van der Waals surface area contributed by atoms with Crippen molar-refractivity contribution < 1.29 is 9.53 Å². The van der Waals surface area contributed by atoms with Gasteiger partial charge in [0.1, 0.15) is 0 Å². The number of carbonyl (C=O) groups excluding carboxylic acids is 1. The van der Waals surface area contributed by atoms with Crippen LogP contribution in [0.1, 0.15) is 23.6 Å². The van der Waals surface area contributed by atoms with E-state index >= 15 is 0 Å². The normalized spacial score (nSPS) is 11.7. The predicted octanol–water partition coefficient (Wildman–Crippen LogP) is 3.92. The molecule has 0 bridgehead atoms. The van der Waals surface area contributed by atoms with Crippen molar-refractivity contribution in [1.29, 1.82) is 0 Å². The lowest BCUT2D eigenvalue weighted by molar-refractivity contribution is -0.138. The van der Waals surface area contributed by atoms with Crippen LogP contribution in [0.3, 0.4) is 0 Å². The molecule has 1 aliphatic rings. The summed E-state index contributed by atoms with van der Waals surface area (Å²) in [6.45, 7) is 5.64. The fraction of sp³-hybridized carbons (Fsp3) is 0.211. The molecule has 2 nitrogen and oxygen atoms in total. The van der Waals surface area contributed by atoms with Crippen molar-refractivity contribution in [3.05, 3.63) is 71.3 Å². The molecule has 21 heavy (non-hydrogen) atoms. The number of esters is 1. The molecule has 0 amide bonds. The molecule has 0 unspecified atom stereocenters. The SMILES string of the molecule is C=C(C)C(=O)OCCc1ccc2c(c1)Cc1ccccc1-2. The molecule has 0 atom stereocenters. The van der Waals surface area contributed by atoms with Crippen molar-refractivity contribution in [2.45, 2.75) is 19.8 Å². The van der Waals surface area contributed by atoms with Gasteiger partial charge in [-0.2, -0.15) is 0 Å². The Bertz CT molecular complexity index is 713. The van der Waals surface area contributed by atoms with E-state index in [9.17, 15) is 4.79 Å². The molecule has 0 spiro atoms. The Kier molecular flexibility index (Phi) is 3.61. The van der Waals surface area contributed by atoms with E-state index in [0.29, 0.717) is 12.2 Å².